The van der Waals surface area contributed by atoms with Gasteiger partial charge in [0, 0.05) is 17.9 Å². The minimum Gasteiger partial charge on any atom is -0.469 e. The summed E-state index contributed by atoms with van der Waals surface area (Å²) in [6.45, 7) is 4.06. The fourth-order valence-corrected chi connectivity index (χ4v) is 4.44. The van der Waals surface area contributed by atoms with Crippen molar-refractivity contribution in [3.05, 3.63) is 78.8 Å². The van der Waals surface area contributed by atoms with E-state index in [1.165, 1.54) is 11.8 Å². The minimum atomic E-state index is -0.450. The van der Waals surface area contributed by atoms with Gasteiger partial charge in [-0.3, -0.25) is 9.36 Å². The van der Waals surface area contributed by atoms with E-state index in [0.717, 1.165) is 22.7 Å². The van der Waals surface area contributed by atoms with Crippen LogP contribution in [0.5, 0.6) is 0 Å². The van der Waals surface area contributed by atoms with Crippen LogP contribution in [0.3, 0.4) is 0 Å². The molecule has 4 aromatic rings. The fourth-order valence-electron chi connectivity index (χ4n) is 3.51. The molecule has 0 aliphatic carbocycles. The highest BCUT2D eigenvalue weighted by Gasteiger charge is 2.26. The first-order valence-electron chi connectivity index (χ1n) is 10.6. The Kier molecular flexibility index (Phi) is 6.91. The van der Waals surface area contributed by atoms with E-state index in [-0.39, 0.29) is 12.3 Å². The number of hydrogen-bond acceptors (Lipinski definition) is 6. The van der Waals surface area contributed by atoms with Gasteiger partial charge >= 0.3 is 0 Å². The number of aryl methyl sites for hydroxylation is 1. The summed E-state index contributed by atoms with van der Waals surface area (Å²) in [5.41, 5.74) is 2.51. The highest BCUT2D eigenvalue weighted by Crippen LogP contribution is 2.32. The number of nitriles is 1. The van der Waals surface area contributed by atoms with Crippen LogP contribution in [-0.4, -0.2) is 32.5 Å². The molecule has 1 atom stereocenters. The van der Waals surface area contributed by atoms with Gasteiger partial charge in [-0.2, -0.15) is 5.26 Å². The summed E-state index contributed by atoms with van der Waals surface area (Å²) in [7, 11) is 0. The highest BCUT2D eigenvalue weighted by molar-refractivity contribution is 8.00. The van der Waals surface area contributed by atoms with Crippen molar-refractivity contribution < 1.29 is 9.21 Å². The Hall–Kier alpha value is -3.83. The number of carbonyl (C=O) groups is 1. The number of furan rings is 1. The van der Waals surface area contributed by atoms with Gasteiger partial charge in [0.2, 0.25) is 5.91 Å². The van der Waals surface area contributed by atoms with Gasteiger partial charge in [0.25, 0.3) is 0 Å². The van der Waals surface area contributed by atoms with Gasteiger partial charge in [-0.05, 0) is 44.2 Å². The van der Waals surface area contributed by atoms with E-state index in [0.29, 0.717) is 17.5 Å². The molecule has 2 aromatic heterocycles. The second-order valence-electron chi connectivity index (χ2n) is 7.36. The van der Waals surface area contributed by atoms with Crippen LogP contribution >= 0.6 is 11.8 Å². The summed E-state index contributed by atoms with van der Waals surface area (Å²) in [6, 6.07) is 23.2. The van der Waals surface area contributed by atoms with Crippen LogP contribution in [0.1, 0.15) is 19.1 Å². The zero-order valence-electron chi connectivity index (χ0n) is 18.4. The first-order valence-corrected chi connectivity index (χ1v) is 11.4. The fraction of sp³-hybridized carbons (Fsp3) is 0.200. The Balaban J connectivity index is 1.67. The second kappa shape index (κ2) is 10.2. The number of carbonyl (C=O) groups excluding carboxylic acids is 1. The number of thioether (sulfide) groups is 1. The molecular formula is C25H23N5O2S. The lowest BCUT2D eigenvalue weighted by atomic mass is 10.2. The number of amides is 1. The SMILES string of the molecule is Cc1occc1-c1nnc(SC(C)C(=O)N(CCC#N)c2ccccc2)n1-c1ccccc1. The van der Waals surface area contributed by atoms with Crippen molar-refractivity contribution >= 4 is 23.4 Å². The maximum atomic E-state index is 13.4. The minimum absolute atomic E-state index is 0.0925. The number of rotatable bonds is 8. The topological polar surface area (TPSA) is 88.0 Å². The third kappa shape index (κ3) is 4.83. The molecule has 2 heterocycles. The quantitative estimate of drug-likeness (QED) is 0.335. The van der Waals surface area contributed by atoms with Crippen LogP contribution in [-0.2, 0) is 4.79 Å². The average molecular weight is 458 g/mol. The zero-order valence-corrected chi connectivity index (χ0v) is 19.2. The first-order chi connectivity index (χ1) is 16.1. The number of para-hydroxylation sites is 2. The second-order valence-corrected chi connectivity index (χ2v) is 8.67. The summed E-state index contributed by atoms with van der Waals surface area (Å²) < 4.78 is 7.42. The molecule has 0 spiro atoms. The molecule has 0 fully saturated rings. The first kappa shape index (κ1) is 22.4. The molecule has 0 saturated carbocycles. The zero-order chi connectivity index (χ0) is 23.2. The summed E-state index contributed by atoms with van der Waals surface area (Å²) >= 11 is 1.34. The molecule has 4 rings (SSSR count). The molecular weight excluding hydrogens is 434 g/mol. The third-order valence-corrected chi connectivity index (χ3v) is 6.19. The normalized spacial score (nSPS) is 11.7. The maximum Gasteiger partial charge on any atom is 0.240 e. The average Bonchev–Trinajstić information content (AvgIpc) is 3.46. The lowest BCUT2D eigenvalue weighted by Crippen LogP contribution is -2.37. The molecule has 166 valence electrons. The Morgan fingerprint density at radius 2 is 1.82 bits per heavy atom. The van der Waals surface area contributed by atoms with Crippen LogP contribution in [0.2, 0.25) is 0 Å². The van der Waals surface area contributed by atoms with Crippen LogP contribution in [0.4, 0.5) is 5.69 Å². The molecule has 0 aliphatic rings. The number of hydrogen-bond donors (Lipinski definition) is 0. The van der Waals surface area contributed by atoms with Crippen LogP contribution in [0, 0.1) is 18.3 Å². The van der Waals surface area contributed by atoms with E-state index in [4.69, 9.17) is 9.68 Å². The van der Waals surface area contributed by atoms with Gasteiger partial charge in [-0.1, -0.05) is 48.2 Å². The summed E-state index contributed by atoms with van der Waals surface area (Å²) in [6.07, 6.45) is 1.88. The molecule has 0 N–H and O–H groups in total. The van der Waals surface area contributed by atoms with Crippen molar-refractivity contribution in [3.8, 4) is 23.1 Å². The van der Waals surface area contributed by atoms with Gasteiger partial charge in [0.1, 0.15) is 5.76 Å². The van der Waals surface area contributed by atoms with Crippen molar-refractivity contribution in [2.24, 2.45) is 0 Å². The largest absolute Gasteiger partial charge is 0.469 e. The molecule has 7 nitrogen and oxygen atoms in total. The predicted octanol–water partition coefficient (Wildman–Crippen LogP) is 5.26. The number of aromatic nitrogens is 3. The van der Waals surface area contributed by atoms with Crippen molar-refractivity contribution in [1.29, 1.82) is 5.26 Å². The number of anilines is 1. The Labute approximate surface area is 196 Å². The molecule has 2 aromatic carbocycles. The molecule has 0 radical (unpaired) electrons. The molecule has 8 heteroatoms. The molecule has 1 unspecified atom stereocenters. The van der Waals surface area contributed by atoms with Crippen molar-refractivity contribution in [2.45, 2.75) is 30.7 Å². The summed E-state index contributed by atoms with van der Waals surface area (Å²) in [5, 5.41) is 18.1. The Morgan fingerprint density at radius 3 is 2.45 bits per heavy atom. The predicted molar refractivity (Wildman–Crippen MR) is 128 cm³/mol. The van der Waals surface area contributed by atoms with E-state index < -0.39 is 5.25 Å². The molecule has 0 saturated heterocycles. The van der Waals surface area contributed by atoms with E-state index >= 15 is 0 Å². The Bertz CT molecular complexity index is 1260. The monoisotopic (exact) mass is 457 g/mol. The van der Waals surface area contributed by atoms with Crippen LogP contribution < -0.4 is 4.90 Å². The lowest BCUT2D eigenvalue weighted by Gasteiger charge is -2.25. The van der Waals surface area contributed by atoms with Gasteiger partial charge in [0.05, 0.1) is 29.6 Å². The number of nitrogens with zero attached hydrogens (tertiary/aromatic N) is 5. The summed E-state index contributed by atoms with van der Waals surface area (Å²) in [5.74, 6) is 1.30. The Morgan fingerprint density at radius 1 is 1.12 bits per heavy atom. The van der Waals surface area contributed by atoms with Gasteiger partial charge in [0.15, 0.2) is 11.0 Å². The number of benzene rings is 2. The molecule has 0 aliphatic heterocycles. The van der Waals surface area contributed by atoms with Crippen LogP contribution in [0.25, 0.3) is 17.1 Å². The van der Waals surface area contributed by atoms with E-state index in [1.54, 1.807) is 11.2 Å². The van der Waals surface area contributed by atoms with Gasteiger partial charge in [-0.15, -0.1) is 10.2 Å². The van der Waals surface area contributed by atoms with Crippen LogP contribution in [0.15, 0.2) is 82.6 Å². The smallest absolute Gasteiger partial charge is 0.240 e. The van der Waals surface area contributed by atoms with Crippen molar-refractivity contribution in [1.82, 2.24) is 14.8 Å². The van der Waals surface area contributed by atoms with E-state index in [1.807, 2.05) is 85.1 Å². The molecule has 33 heavy (non-hydrogen) atoms. The van der Waals surface area contributed by atoms with Crippen molar-refractivity contribution in [2.75, 3.05) is 11.4 Å². The van der Waals surface area contributed by atoms with Gasteiger partial charge < -0.3 is 9.32 Å². The summed E-state index contributed by atoms with van der Waals surface area (Å²) in [4.78, 5) is 15.1. The third-order valence-electron chi connectivity index (χ3n) is 5.16. The molecule has 1 amide bonds. The highest BCUT2D eigenvalue weighted by atomic mass is 32.2. The molecule has 0 bridgehead atoms. The van der Waals surface area contributed by atoms with Crippen molar-refractivity contribution in [3.63, 3.8) is 0 Å². The maximum absolute atomic E-state index is 13.4. The lowest BCUT2D eigenvalue weighted by molar-refractivity contribution is -0.117. The standard InChI is InChI=1S/C25H23N5O2S/c1-18-22(14-17-32-18)23-27-28-25(30(23)21-12-7-4-8-13-21)33-19(2)24(31)29(16-9-15-26)20-10-5-3-6-11-20/h3-8,10-14,17,19H,9,16H2,1-2H3. The van der Waals surface area contributed by atoms with E-state index in [9.17, 15) is 4.79 Å². The van der Waals surface area contributed by atoms with Gasteiger partial charge in [-0.25, -0.2) is 0 Å². The van der Waals surface area contributed by atoms with E-state index in [2.05, 4.69) is 16.3 Å².